The van der Waals surface area contributed by atoms with Crippen LogP contribution in [0.3, 0.4) is 0 Å². The molecule has 0 bridgehead atoms. The minimum Gasteiger partial charge on any atom is -0.402 e. The van der Waals surface area contributed by atoms with Gasteiger partial charge in [-0.2, -0.15) is 0 Å². The Labute approximate surface area is 114 Å². The third kappa shape index (κ3) is 4.73. The number of Topliss-reactive ketones (excluding diaryl/α,β-unsaturated/α-hetero) is 2. The fraction of sp³-hybridized carbons (Fsp3) is 0.467. The van der Waals surface area contributed by atoms with E-state index < -0.39 is 0 Å². The minimum atomic E-state index is -0.226. The van der Waals surface area contributed by atoms with Crippen LogP contribution in [-0.2, 0) is 9.59 Å². The Balaban J connectivity index is 2.78. The Morgan fingerprint density at radius 2 is 1.68 bits per heavy atom. The molecule has 1 fully saturated rings. The van der Waals surface area contributed by atoms with E-state index in [4.69, 9.17) is 5.73 Å². The van der Waals surface area contributed by atoms with E-state index in [2.05, 4.69) is 5.32 Å². The lowest BCUT2D eigenvalue weighted by atomic mass is 9.74. The van der Waals surface area contributed by atoms with Gasteiger partial charge in [-0.1, -0.05) is 13.8 Å². The smallest absolute Gasteiger partial charge is 0.168 e. The second-order valence-corrected chi connectivity index (χ2v) is 5.83. The van der Waals surface area contributed by atoms with E-state index >= 15 is 0 Å². The van der Waals surface area contributed by atoms with Gasteiger partial charge >= 0.3 is 0 Å². The van der Waals surface area contributed by atoms with Crippen LogP contribution in [0.5, 0.6) is 0 Å². The lowest BCUT2D eigenvalue weighted by molar-refractivity contribution is -0.127. The highest BCUT2D eigenvalue weighted by atomic mass is 16.1. The molecule has 4 nitrogen and oxygen atoms in total. The zero-order valence-corrected chi connectivity index (χ0v) is 12.0. The van der Waals surface area contributed by atoms with Gasteiger partial charge in [-0.05, 0) is 31.4 Å². The quantitative estimate of drug-likeness (QED) is 0.464. The SMILES string of the molecule is C/C(N)=C\C=C(/C)NC=C1C(=O)CC(C)(C)CC1=O. The van der Waals surface area contributed by atoms with E-state index in [9.17, 15) is 9.59 Å². The molecule has 104 valence electrons. The van der Waals surface area contributed by atoms with Crippen LogP contribution >= 0.6 is 0 Å². The average molecular weight is 262 g/mol. The monoisotopic (exact) mass is 262 g/mol. The summed E-state index contributed by atoms with van der Waals surface area (Å²) in [5.41, 5.74) is 7.07. The number of carbonyl (C=O) groups excluding carboxylic acids is 2. The van der Waals surface area contributed by atoms with Crippen molar-refractivity contribution in [2.75, 3.05) is 0 Å². The lowest BCUT2D eigenvalue weighted by Crippen LogP contribution is -2.32. The van der Waals surface area contributed by atoms with Gasteiger partial charge < -0.3 is 11.1 Å². The standard InChI is InChI=1S/C15H22N2O2/c1-10(16)5-6-11(2)17-9-12-13(18)7-15(3,4)8-14(12)19/h5-6,9,17H,7-8,16H2,1-4H3/b10-5+,11-6+. The molecule has 0 amide bonds. The average Bonchev–Trinajstić information content (AvgIpc) is 2.23. The van der Waals surface area contributed by atoms with E-state index in [1.54, 1.807) is 19.1 Å². The van der Waals surface area contributed by atoms with Crippen molar-refractivity contribution in [2.24, 2.45) is 11.1 Å². The van der Waals surface area contributed by atoms with Gasteiger partial charge in [0, 0.05) is 30.4 Å². The topological polar surface area (TPSA) is 72.2 Å². The number of nitrogens with one attached hydrogen (secondary N) is 1. The second kappa shape index (κ2) is 5.87. The van der Waals surface area contributed by atoms with Crippen molar-refractivity contribution in [3.8, 4) is 0 Å². The third-order valence-corrected chi connectivity index (χ3v) is 2.92. The van der Waals surface area contributed by atoms with Crippen LogP contribution in [0.4, 0.5) is 0 Å². The predicted octanol–water partition coefficient (Wildman–Crippen LogP) is 2.18. The highest BCUT2D eigenvalue weighted by molar-refractivity contribution is 6.22. The number of ketones is 2. The van der Waals surface area contributed by atoms with E-state index in [1.165, 1.54) is 6.20 Å². The van der Waals surface area contributed by atoms with Gasteiger partial charge in [0.15, 0.2) is 11.6 Å². The van der Waals surface area contributed by atoms with Crippen LogP contribution in [-0.4, -0.2) is 11.6 Å². The van der Waals surface area contributed by atoms with Gasteiger partial charge in [0.05, 0.1) is 5.57 Å². The molecule has 3 N–H and O–H groups in total. The first-order valence-corrected chi connectivity index (χ1v) is 6.35. The van der Waals surface area contributed by atoms with Crippen molar-refractivity contribution in [3.05, 3.63) is 35.3 Å². The third-order valence-electron chi connectivity index (χ3n) is 2.92. The van der Waals surface area contributed by atoms with Gasteiger partial charge in [0.25, 0.3) is 0 Å². The molecule has 0 heterocycles. The van der Waals surface area contributed by atoms with Crippen molar-refractivity contribution >= 4 is 11.6 Å². The van der Waals surface area contributed by atoms with Crippen molar-refractivity contribution in [3.63, 3.8) is 0 Å². The Morgan fingerprint density at radius 3 is 2.16 bits per heavy atom. The van der Waals surface area contributed by atoms with Gasteiger partial charge in [-0.3, -0.25) is 9.59 Å². The number of carbonyl (C=O) groups is 2. The summed E-state index contributed by atoms with van der Waals surface area (Å²) in [6.07, 6.45) is 5.89. The lowest BCUT2D eigenvalue weighted by Gasteiger charge is -2.28. The van der Waals surface area contributed by atoms with Crippen LogP contribution in [0, 0.1) is 5.41 Å². The van der Waals surface area contributed by atoms with Crippen molar-refractivity contribution in [2.45, 2.75) is 40.5 Å². The highest BCUT2D eigenvalue weighted by Gasteiger charge is 2.35. The van der Waals surface area contributed by atoms with Gasteiger partial charge in [0.2, 0.25) is 0 Å². The fourth-order valence-electron chi connectivity index (χ4n) is 1.93. The highest BCUT2D eigenvalue weighted by Crippen LogP contribution is 2.33. The molecule has 1 aliphatic rings. The first-order valence-electron chi connectivity index (χ1n) is 6.35. The van der Waals surface area contributed by atoms with Crippen LogP contribution in [0.25, 0.3) is 0 Å². The van der Waals surface area contributed by atoms with Crippen LogP contribution in [0.1, 0.15) is 40.5 Å². The molecule has 0 aliphatic heterocycles. The Hall–Kier alpha value is -1.84. The van der Waals surface area contributed by atoms with Gasteiger partial charge in [-0.25, -0.2) is 0 Å². The van der Waals surface area contributed by atoms with Crippen molar-refractivity contribution in [1.82, 2.24) is 5.32 Å². The maximum Gasteiger partial charge on any atom is 0.168 e. The zero-order chi connectivity index (χ0) is 14.6. The number of allylic oxidation sites excluding steroid dienone is 5. The molecular formula is C15H22N2O2. The number of nitrogens with two attached hydrogens (primary N) is 1. The summed E-state index contributed by atoms with van der Waals surface area (Å²) in [4.78, 5) is 23.8. The molecule has 0 unspecified atom stereocenters. The normalized spacial score (nSPS) is 20.5. The summed E-state index contributed by atoms with van der Waals surface area (Å²) in [5, 5.41) is 2.95. The molecule has 0 aromatic carbocycles. The zero-order valence-electron chi connectivity index (χ0n) is 12.0. The minimum absolute atomic E-state index is 0.0907. The van der Waals surface area contributed by atoms with Gasteiger partial charge in [0.1, 0.15) is 0 Å². The number of rotatable bonds is 3. The van der Waals surface area contributed by atoms with Crippen LogP contribution < -0.4 is 11.1 Å². The Morgan fingerprint density at radius 1 is 1.16 bits per heavy atom. The van der Waals surface area contributed by atoms with E-state index in [0.717, 1.165) is 5.70 Å². The molecular weight excluding hydrogens is 240 g/mol. The predicted molar refractivity (Wildman–Crippen MR) is 75.9 cm³/mol. The Kier molecular flexibility index (Phi) is 4.70. The molecule has 1 aliphatic carbocycles. The first-order chi connectivity index (χ1) is 8.71. The summed E-state index contributed by atoms with van der Waals surface area (Å²) >= 11 is 0. The maximum atomic E-state index is 11.9. The second-order valence-electron chi connectivity index (χ2n) is 5.83. The van der Waals surface area contributed by atoms with E-state index in [-0.39, 0.29) is 22.6 Å². The summed E-state index contributed by atoms with van der Waals surface area (Å²) in [5.74, 6) is -0.181. The first kappa shape index (κ1) is 15.2. The summed E-state index contributed by atoms with van der Waals surface area (Å²) in [6, 6.07) is 0. The fourth-order valence-corrected chi connectivity index (χ4v) is 1.93. The Bertz CT molecular complexity index is 456. The van der Waals surface area contributed by atoms with Crippen LogP contribution in [0.2, 0.25) is 0 Å². The molecule has 19 heavy (non-hydrogen) atoms. The molecule has 0 aromatic rings. The molecule has 4 heteroatoms. The molecule has 0 aromatic heterocycles. The molecule has 0 atom stereocenters. The molecule has 0 saturated heterocycles. The maximum absolute atomic E-state index is 11.9. The van der Waals surface area contributed by atoms with E-state index in [1.807, 2.05) is 20.8 Å². The summed E-state index contributed by atoms with van der Waals surface area (Å²) < 4.78 is 0. The number of hydrogen-bond acceptors (Lipinski definition) is 4. The molecule has 1 saturated carbocycles. The summed E-state index contributed by atoms with van der Waals surface area (Å²) in [7, 11) is 0. The molecule has 0 radical (unpaired) electrons. The molecule has 1 rings (SSSR count). The molecule has 0 spiro atoms. The van der Waals surface area contributed by atoms with Gasteiger partial charge in [-0.15, -0.1) is 0 Å². The van der Waals surface area contributed by atoms with Crippen molar-refractivity contribution in [1.29, 1.82) is 0 Å². The van der Waals surface area contributed by atoms with Crippen molar-refractivity contribution < 1.29 is 9.59 Å². The largest absolute Gasteiger partial charge is 0.402 e. The van der Waals surface area contributed by atoms with E-state index in [0.29, 0.717) is 18.5 Å². The number of hydrogen-bond donors (Lipinski definition) is 2. The van der Waals surface area contributed by atoms with Crippen LogP contribution in [0.15, 0.2) is 35.3 Å². The summed E-state index contributed by atoms with van der Waals surface area (Å²) in [6.45, 7) is 7.51.